The van der Waals surface area contributed by atoms with E-state index in [9.17, 15) is 0 Å². The average molecular weight is 245 g/mol. The van der Waals surface area contributed by atoms with Crippen molar-refractivity contribution in [2.24, 2.45) is 7.05 Å². The van der Waals surface area contributed by atoms with Crippen LogP contribution in [-0.2, 0) is 13.5 Å². The fourth-order valence-electron chi connectivity index (χ4n) is 1.35. The van der Waals surface area contributed by atoms with E-state index in [0.29, 0.717) is 12.1 Å². The number of aromatic nitrogens is 3. The van der Waals surface area contributed by atoms with Gasteiger partial charge in [-0.1, -0.05) is 0 Å². The Labute approximate surface area is 103 Å². The predicted octanol–water partition coefficient (Wildman–Crippen LogP) is 1.61. The molecule has 0 aliphatic heterocycles. The Kier molecular flexibility index (Phi) is 3.30. The molecule has 0 fully saturated rings. The Balaban J connectivity index is 2.26. The number of nitriles is 1. The minimum Gasteiger partial charge on any atom is -0.398 e. The molecule has 17 heavy (non-hydrogen) atoms. The number of nitrogens with zero attached hydrogens (tertiary/aromatic N) is 4. The summed E-state index contributed by atoms with van der Waals surface area (Å²) >= 11 is 1.49. The van der Waals surface area contributed by atoms with Gasteiger partial charge in [-0.05, 0) is 35.5 Å². The Bertz CT molecular complexity index is 569. The van der Waals surface area contributed by atoms with E-state index in [4.69, 9.17) is 11.0 Å². The van der Waals surface area contributed by atoms with Gasteiger partial charge in [0.2, 0.25) is 0 Å². The summed E-state index contributed by atoms with van der Waals surface area (Å²) in [6, 6.07) is 7.74. The molecule has 2 rings (SSSR count). The van der Waals surface area contributed by atoms with Crippen LogP contribution in [-0.4, -0.2) is 14.8 Å². The lowest BCUT2D eigenvalue weighted by Gasteiger charge is -2.05. The maximum absolute atomic E-state index is 8.70. The van der Waals surface area contributed by atoms with Gasteiger partial charge >= 0.3 is 0 Å². The van der Waals surface area contributed by atoms with Gasteiger partial charge < -0.3 is 10.3 Å². The maximum Gasteiger partial charge on any atom is 0.195 e. The minimum absolute atomic E-state index is 0.319. The third-order valence-corrected chi connectivity index (χ3v) is 3.30. The molecule has 0 saturated heterocycles. The molecule has 0 spiro atoms. The second-order valence-electron chi connectivity index (χ2n) is 3.52. The highest BCUT2D eigenvalue weighted by molar-refractivity contribution is 7.99. The van der Waals surface area contributed by atoms with E-state index in [2.05, 4.69) is 16.3 Å². The lowest BCUT2D eigenvalue weighted by molar-refractivity contribution is 0.788. The molecule has 0 radical (unpaired) electrons. The van der Waals surface area contributed by atoms with Gasteiger partial charge in [-0.25, -0.2) is 0 Å². The summed E-state index contributed by atoms with van der Waals surface area (Å²) in [6.07, 6.45) is 1.97. The smallest absolute Gasteiger partial charge is 0.195 e. The Morgan fingerprint density at radius 3 is 3.00 bits per heavy atom. The van der Waals surface area contributed by atoms with Crippen LogP contribution in [0.15, 0.2) is 34.6 Å². The zero-order chi connectivity index (χ0) is 12.3. The van der Waals surface area contributed by atoms with Crippen molar-refractivity contribution in [2.45, 2.75) is 16.5 Å². The van der Waals surface area contributed by atoms with Crippen molar-refractivity contribution >= 4 is 17.4 Å². The summed E-state index contributed by atoms with van der Waals surface area (Å²) < 4.78 is 1.84. The third kappa shape index (κ3) is 2.57. The molecule has 1 aromatic carbocycles. The molecule has 0 atom stereocenters. The topological polar surface area (TPSA) is 80.5 Å². The lowest BCUT2D eigenvalue weighted by Crippen LogP contribution is -1.94. The monoisotopic (exact) mass is 245 g/mol. The zero-order valence-corrected chi connectivity index (χ0v) is 10.1. The number of anilines is 1. The number of aryl methyl sites for hydroxylation is 1. The fraction of sp³-hybridized carbons (Fsp3) is 0.182. The Morgan fingerprint density at radius 2 is 2.35 bits per heavy atom. The predicted molar refractivity (Wildman–Crippen MR) is 65.3 cm³/mol. The zero-order valence-electron chi connectivity index (χ0n) is 9.29. The molecular weight excluding hydrogens is 234 g/mol. The molecule has 0 aliphatic rings. The summed E-state index contributed by atoms with van der Waals surface area (Å²) in [5.41, 5.74) is 7.28. The van der Waals surface area contributed by atoms with Crippen molar-refractivity contribution in [1.82, 2.24) is 14.8 Å². The van der Waals surface area contributed by atoms with Crippen LogP contribution in [0.25, 0.3) is 0 Å². The molecule has 2 aromatic rings. The van der Waals surface area contributed by atoms with Crippen molar-refractivity contribution in [1.29, 1.82) is 5.26 Å². The molecule has 0 saturated carbocycles. The van der Waals surface area contributed by atoms with Gasteiger partial charge in [0.1, 0.15) is 6.33 Å². The van der Waals surface area contributed by atoms with E-state index in [1.54, 1.807) is 6.33 Å². The van der Waals surface area contributed by atoms with Crippen LogP contribution in [0.5, 0.6) is 0 Å². The molecule has 6 heteroatoms. The second kappa shape index (κ2) is 4.89. The molecule has 5 nitrogen and oxygen atoms in total. The average Bonchev–Trinajstić information content (AvgIpc) is 2.70. The minimum atomic E-state index is 0.319. The summed E-state index contributed by atoms with van der Waals surface area (Å²) in [7, 11) is 1.88. The van der Waals surface area contributed by atoms with Crippen LogP contribution in [0.2, 0.25) is 0 Å². The first-order chi connectivity index (χ1) is 8.20. The van der Waals surface area contributed by atoms with Gasteiger partial charge in [0, 0.05) is 17.6 Å². The highest BCUT2D eigenvalue weighted by Crippen LogP contribution is 2.28. The van der Waals surface area contributed by atoms with Crippen LogP contribution in [0.1, 0.15) is 5.56 Å². The molecule has 0 aliphatic carbocycles. The highest BCUT2D eigenvalue weighted by Gasteiger charge is 2.06. The van der Waals surface area contributed by atoms with Gasteiger partial charge in [0.15, 0.2) is 5.16 Å². The van der Waals surface area contributed by atoms with E-state index in [-0.39, 0.29) is 0 Å². The van der Waals surface area contributed by atoms with Crippen LogP contribution < -0.4 is 5.73 Å². The van der Waals surface area contributed by atoms with Gasteiger partial charge in [0.05, 0.1) is 12.5 Å². The number of rotatable bonds is 3. The van der Waals surface area contributed by atoms with Crippen molar-refractivity contribution in [3.8, 4) is 6.07 Å². The molecule has 1 heterocycles. The SMILES string of the molecule is Cn1cnnc1Sc1ccc(N)c(CC#N)c1. The fourth-order valence-corrected chi connectivity index (χ4v) is 2.18. The van der Waals surface area contributed by atoms with E-state index >= 15 is 0 Å². The Morgan fingerprint density at radius 1 is 1.53 bits per heavy atom. The van der Waals surface area contributed by atoms with E-state index in [1.165, 1.54) is 11.8 Å². The van der Waals surface area contributed by atoms with Crippen molar-refractivity contribution in [3.63, 3.8) is 0 Å². The number of hydrogen-bond donors (Lipinski definition) is 1. The molecule has 1 aromatic heterocycles. The quantitative estimate of drug-likeness (QED) is 0.831. The number of nitrogens with two attached hydrogens (primary N) is 1. The van der Waals surface area contributed by atoms with E-state index in [1.807, 2.05) is 29.8 Å². The van der Waals surface area contributed by atoms with Crippen LogP contribution >= 0.6 is 11.8 Å². The van der Waals surface area contributed by atoms with E-state index in [0.717, 1.165) is 15.6 Å². The van der Waals surface area contributed by atoms with Gasteiger partial charge in [-0.15, -0.1) is 10.2 Å². The molecule has 0 unspecified atom stereocenters. The standard InChI is InChI=1S/C11H11N5S/c1-16-7-14-15-11(16)17-9-2-3-10(13)8(6-9)4-5-12/h2-3,6-7H,4,13H2,1H3. The number of hydrogen-bond acceptors (Lipinski definition) is 5. The molecule has 0 bridgehead atoms. The molecule has 2 N–H and O–H groups in total. The van der Waals surface area contributed by atoms with Gasteiger partial charge in [0.25, 0.3) is 0 Å². The van der Waals surface area contributed by atoms with Gasteiger partial charge in [-0.3, -0.25) is 0 Å². The van der Waals surface area contributed by atoms with Gasteiger partial charge in [-0.2, -0.15) is 5.26 Å². The third-order valence-electron chi connectivity index (χ3n) is 2.26. The molecule has 0 amide bonds. The van der Waals surface area contributed by atoms with Crippen molar-refractivity contribution < 1.29 is 0 Å². The van der Waals surface area contributed by atoms with Crippen molar-refractivity contribution in [3.05, 3.63) is 30.1 Å². The first kappa shape index (κ1) is 11.5. The van der Waals surface area contributed by atoms with Crippen LogP contribution in [0.3, 0.4) is 0 Å². The molecule has 86 valence electrons. The normalized spacial score (nSPS) is 10.1. The maximum atomic E-state index is 8.70. The largest absolute Gasteiger partial charge is 0.398 e. The highest BCUT2D eigenvalue weighted by atomic mass is 32.2. The molecular formula is C11H11N5S. The summed E-state index contributed by atoms with van der Waals surface area (Å²) in [4.78, 5) is 1.00. The summed E-state index contributed by atoms with van der Waals surface area (Å²) in [6.45, 7) is 0. The van der Waals surface area contributed by atoms with E-state index < -0.39 is 0 Å². The lowest BCUT2D eigenvalue weighted by atomic mass is 10.1. The first-order valence-corrected chi connectivity index (χ1v) is 5.79. The number of benzene rings is 1. The van der Waals surface area contributed by atoms with Crippen LogP contribution in [0, 0.1) is 11.3 Å². The summed E-state index contributed by atoms with van der Waals surface area (Å²) in [5.74, 6) is 0. The Hall–Kier alpha value is -2.00. The van der Waals surface area contributed by atoms with Crippen molar-refractivity contribution in [2.75, 3.05) is 5.73 Å². The summed E-state index contributed by atoms with van der Waals surface area (Å²) in [5, 5.41) is 17.3. The van der Waals surface area contributed by atoms with Crippen LogP contribution in [0.4, 0.5) is 5.69 Å². The number of nitrogen functional groups attached to an aromatic ring is 1. The second-order valence-corrected chi connectivity index (χ2v) is 4.56. The first-order valence-electron chi connectivity index (χ1n) is 4.98.